The Hall–Kier alpha value is -1.50. The highest BCUT2D eigenvalue weighted by molar-refractivity contribution is 5.89. The lowest BCUT2D eigenvalue weighted by atomic mass is 10.0. The lowest BCUT2D eigenvalue weighted by Gasteiger charge is -2.08. The number of allylic oxidation sites excluding steroid dienone is 2. The highest BCUT2D eigenvalue weighted by Gasteiger charge is 2.09. The average molecular weight is 185 g/mol. The van der Waals surface area contributed by atoms with E-state index in [1.165, 1.54) is 22.3 Å². The second-order valence-corrected chi connectivity index (χ2v) is 3.97. The van der Waals surface area contributed by atoms with Gasteiger partial charge in [-0.25, -0.2) is 0 Å². The van der Waals surface area contributed by atoms with Crippen LogP contribution in [0.25, 0.3) is 11.6 Å². The predicted molar refractivity (Wildman–Crippen MR) is 61.9 cm³/mol. The number of hydrogen-bond acceptors (Lipinski definition) is 1. The van der Waals surface area contributed by atoms with Crippen molar-refractivity contribution in [2.24, 2.45) is 0 Å². The molecule has 0 aromatic heterocycles. The molecule has 1 nitrogen and oxygen atoms in total. The van der Waals surface area contributed by atoms with Gasteiger partial charge in [-0.1, -0.05) is 35.9 Å². The molecule has 0 N–H and O–H groups in total. The van der Waals surface area contributed by atoms with E-state index in [9.17, 15) is 0 Å². The first kappa shape index (κ1) is 9.07. The molecule has 1 aliphatic carbocycles. The fourth-order valence-electron chi connectivity index (χ4n) is 1.74. The van der Waals surface area contributed by atoms with Gasteiger partial charge in [0, 0.05) is 20.3 Å². The standard InChI is InChI=1S/C13H15N/c1-10-4-7-13-11(8-10)5-6-12(13)9-14(2)3/h4-9H,1-3H3/b12-9+. The van der Waals surface area contributed by atoms with Crippen LogP contribution in [0.5, 0.6) is 0 Å². The molecular formula is C13H15N. The number of nitrogens with zero attached hydrogens (tertiary/aromatic N) is 1. The van der Waals surface area contributed by atoms with Crippen LogP contribution in [0.1, 0.15) is 16.7 Å². The fraction of sp³-hybridized carbons (Fsp3) is 0.231. The van der Waals surface area contributed by atoms with Crippen LogP contribution in [0.15, 0.2) is 30.5 Å². The Balaban J connectivity index is 2.45. The fourth-order valence-corrected chi connectivity index (χ4v) is 1.74. The summed E-state index contributed by atoms with van der Waals surface area (Å²) < 4.78 is 0. The molecule has 14 heavy (non-hydrogen) atoms. The van der Waals surface area contributed by atoms with Crippen molar-refractivity contribution in [3.8, 4) is 0 Å². The summed E-state index contributed by atoms with van der Waals surface area (Å²) >= 11 is 0. The van der Waals surface area contributed by atoms with Gasteiger partial charge in [0.25, 0.3) is 0 Å². The Bertz CT molecular complexity index is 411. The molecular weight excluding hydrogens is 170 g/mol. The van der Waals surface area contributed by atoms with Crippen molar-refractivity contribution in [1.82, 2.24) is 4.90 Å². The zero-order valence-corrected chi connectivity index (χ0v) is 8.91. The van der Waals surface area contributed by atoms with Gasteiger partial charge in [0.05, 0.1) is 0 Å². The van der Waals surface area contributed by atoms with Crippen LogP contribution >= 0.6 is 0 Å². The lowest BCUT2D eigenvalue weighted by Crippen LogP contribution is -2.01. The number of aryl methyl sites for hydroxylation is 1. The summed E-state index contributed by atoms with van der Waals surface area (Å²) in [5.41, 5.74) is 5.28. The van der Waals surface area contributed by atoms with Crippen LogP contribution in [0.4, 0.5) is 0 Å². The smallest absolute Gasteiger partial charge is 0.00649 e. The molecule has 1 aromatic rings. The molecule has 0 aliphatic heterocycles. The minimum Gasteiger partial charge on any atom is -0.383 e. The third kappa shape index (κ3) is 1.58. The van der Waals surface area contributed by atoms with E-state index in [-0.39, 0.29) is 0 Å². The summed E-state index contributed by atoms with van der Waals surface area (Å²) in [4.78, 5) is 2.08. The third-order valence-corrected chi connectivity index (χ3v) is 2.36. The molecule has 0 atom stereocenters. The topological polar surface area (TPSA) is 3.24 Å². The summed E-state index contributed by atoms with van der Waals surface area (Å²) in [5, 5.41) is 0. The van der Waals surface area contributed by atoms with E-state index >= 15 is 0 Å². The van der Waals surface area contributed by atoms with Crippen LogP contribution < -0.4 is 0 Å². The second-order valence-electron chi connectivity index (χ2n) is 3.97. The number of rotatable bonds is 1. The summed E-state index contributed by atoms with van der Waals surface area (Å²) in [5.74, 6) is 0. The number of benzene rings is 1. The third-order valence-electron chi connectivity index (χ3n) is 2.36. The molecule has 0 radical (unpaired) electrons. The largest absolute Gasteiger partial charge is 0.383 e. The van der Waals surface area contributed by atoms with Gasteiger partial charge in [-0.3, -0.25) is 0 Å². The molecule has 0 fully saturated rings. The molecule has 0 saturated carbocycles. The van der Waals surface area contributed by atoms with Gasteiger partial charge < -0.3 is 4.90 Å². The quantitative estimate of drug-likeness (QED) is 0.650. The molecule has 1 aliphatic rings. The SMILES string of the molecule is Cc1ccc2c(c1)C=C/C2=C\N(C)C. The molecule has 0 heterocycles. The van der Waals surface area contributed by atoms with E-state index in [2.05, 4.69) is 48.4 Å². The number of fused-ring (bicyclic) bond motifs is 1. The Labute approximate surface area is 85.4 Å². The lowest BCUT2D eigenvalue weighted by molar-refractivity contribution is 0.566. The zero-order chi connectivity index (χ0) is 10.1. The Kier molecular flexibility index (Phi) is 2.16. The first-order valence-corrected chi connectivity index (χ1v) is 4.84. The molecule has 72 valence electrons. The molecule has 1 aromatic carbocycles. The van der Waals surface area contributed by atoms with E-state index in [1.54, 1.807) is 0 Å². The van der Waals surface area contributed by atoms with Crippen molar-refractivity contribution >= 4 is 11.6 Å². The Morgan fingerprint density at radius 1 is 1.14 bits per heavy atom. The van der Waals surface area contributed by atoms with Gasteiger partial charge in [-0.2, -0.15) is 0 Å². The van der Waals surface area contributed by atoms with E-state index in [1.807, 2.05) is 14.1 Å². The van der Waals surface area contributed by atoms with Crippen molar-refractivity contribution in [2.45, 2.75) is 6.92 Å². The second kappa shape index (κ2) is 3.33. The molecule has 0 spiro atoms. The van der Waals surface area contributed by atoms with Gasteiger partial charge >= 0.3 is 0 Å². The molecule has 2 rings (SSSR count). The summed E-state index contributed by atoms with van der Waals surface area (Å²) in [7, 11) is 4.10. The van der Waals surface area contributed by atoms with Gasteiger partial charge in [0.2, 0.25) is 0 Å². The monoisotopic (exact) mass is 185 g/mol. The first-order valence-electron chi connectivity index (χ1n) is 4.84. The average Bonchev–Trinajstić information content (AvgIpc) is 2.47. The van der Waals surface area contributed by atoms with E-state index in [0.717, 1.165) is 0 Å². The highest BCUT2D eigenvalue weighted by Crippen LogP contribution is 2.29. The first-order chi connectivity index (χ1) is 6.66. The van der Waals surface area contributed by atoms with E-state index in [0.29, 0.717) is 0 Å². The normalized spacial score (nSPS) is 16.1. The summed E-state index contributed by atoms with van der Waals surface area (Å²) in [6.07, 6.45) is 6.50. The summed E-state index contributed by atoms with van der Waals surface area (Å²) in [6, 6.07) is 6.58. The maximum absolute atomic E-state index is 2.22. The van der Waals surface area contributed by atoms with Crippen LogP contribution in [-0.2, 0) is 0 Å². The van der Waals surface area contributed by atoms with Gasteiger partial charge in [0.1, 0.15) is 0 Å². The zero-order valence-electron chi connectivity index (χ0n) is 8.91. The highest BCUT2D eigenvalue weighted by atomic mass is 15.0. The maximum Gasteiger partial charge on any atom is 0.00649 e. The minimum absolute atomic E-state index is 1.30. The Morgan fingerprint density at radius 3 is 2.64 bits per heavy atom. The van der Waals surface area contributed by atoms with Gasteiger partial charge in [-0.05, 0) is 23.6 Å². The van der Waals surface area contributed by atoms with Crippen molar-refractivity contribution in [2.75, 3.05) is 14.1 Å². The number of hydrogen-bond donors (Lipinski definition) is 0. The predicted octanol–water partition coefficient (Wildman–Crippen LogP) is 2.92. The maximum atomic E-state index is 2.22. The van der Waals surface area contributed by atoms with Crippen LogP contribution in [0.2, 0.25) is 0 Å². The Morgan fingerprint density at radius 2 is 1.93 bits per heavy atom. The molecule has 0 bridgehead atoms. The van der Waals surface area contributed by atoms with Crippen molar-refractivity contribution in [3.63, 3.8) is 0 Å². The van der Waals surface area contributed by atoms with Gasteiger partial charge in [0.15, 0.2) is 0 Å². The van der Waals surface area contributed by atoms with Crippen LogP contribution in [0.3, 0.4) is 0 Å². The minimum atomic E-state index is 1.30. The molecule has 1 heteroatoms. The van der Waals surface area contributed by atoms with E-state index < -0.39 is 0 Å². The van der Waals surface area contributed by atoms with Gasteiger partial charge in [-0.15, -0.1) is 0 Å². The van der Waals surface area contributed by atoms with Crippen molar-refractivity contribution in [3.05, 3.63) is 47.2 Å². The molecule has 0 saturated heterocycles. The molecule has 0 amide bonds. The van der Waals surface area contributed by atoms with E-state index in [4.69, 9.17) is 0 Å². The van der Waals surface area contributed by atoms with Crippen molar-refractivity contribution < 1.29 is 0 Å². The van der Waals surface area contributed by atoms with Crippen molar-refractivity contribution in [1.29, 1.82) is 0 Å². The summed E-state index contributed by atoms with van der Waals surface area (Å²) in [6.45, 7) is 2.13. The van der Waals surface area contributed by atoms with Crippen LogP contribution in [-0.4, -0.2) is 19.0 Å². The van der Waals surface area contributed by atoms with Crippen LogP contribution in [0, 0.1) is 6.92 Å². The molecule has 0 unspecified atom stereocenters.